The van der Waals surface area contributed by atoms with Crippen molar-refractivity contribution in [3.63, 3.8) is 0 Å². The van der Waals surface area contributed by atoms with Crippen LogP contribution in [-0.4, -0.2) is 10.8 Å². The molecule has 0 spiro atoms. The fourth-order valence-electron chi connectivity index (χ4n) is 1.28. The molecule has 5 nitrogen and oxygen atoms in total. The van der Waals surface area contributed by atoms with Gasteiger partial charge in [-0.1, -0.05) is 13.8 Å². The van der Waals surface area contributed by atoms with Crippen LogP contribution in [0, 0.1) is 10.1 Å². The molecule has 0 saturated carbocycles. The average Bonchev–Trinajstić information content (AvgIpc) is 2.31. The zero-order chi connectivity index (χ0) is 16.1. The summed E-state index contributed by atoms with van der Waals surface area (Å²) < 4.78 is 37.9. The van der Waals surface area contributed by atoms with Gasteiger partial charge in [-0.05, 0) is 28.1 Å². The number of amides is 1. The summed E-state index contributed by atoms with van der Waals surface area (Å²) in [5.41, 5.74) is -3.12. The van der Waals surface area contributed by atoms with Crippen molar-refractivity contribution in [3.05, 3.63) is 32.3 Å². The van der Waals surface area contributed by atoms with E-state index >= 15 is 0 Å². The minimum Gasteiger partial charge on any atom is -0.320 e. The Morgan fingerprint density at radius 2 is 1.85 bits per heavy atom. The number of nitro benzene ring substituents is 1. The lowest BCUT2D eigenvalue weighted by Crippen LogP contribution is -2.14. The Bertz CT molecular complexity index is 518. The number of alkyl halides is 3. The lowest BCUT2D eigenvalue weighted by atomic mass is 10.1. The molecule has 0 aromatic heterocycles. The van der Waals surface area contributed by atoms with Gasteiger partial charge in [-0.15, -0.1) is 0 Å². The highest BCUT2D eigenvalue weighted by Gasteiger charge is 2.40. The maximum atomic E-state index is 12.6. The summed E-state index contributed by atoms with van der Waals surface area (Å²) in [7, 11) is 0. The van der Waals surface area contributed by atoms with E-state index in [1.54, 1.807) is 0 Å². The molecule has 9 heteroatoms. The van der Waals surface area contributed by atoms with Crippen LogP contribution in [0.2, 0.25) is 0 Å². The van der Waals surface area contributed by atoms with Gasteiger partial charge in [0, 0.05) is 11.4 Å². The first-order chi connectivity index (χ1) is 9.14. The molecule has 1 amide bonds. The lowest BCUT2D eigenvalue weighted by molar-refractivity contribution is -0.387. The van der Waals surface area contributed by atoms with Gasteiger partial charge < -0.3 is 5.32 Å². The van der Waals surface area contributed by atoms with Gasteiger partial charge in [0.1, 0.15) is 11.3 Å². The molecule has 0 bridgehead atoms. The molecule has 0 atom stereocenters. The van der Waals surface area contributed by atoms with Crippen molar-refractivity contribution in [1.29, 1.82) is 0 Å². The predicted molar refractivity (Wildman–Crippen MR) is 71.5 cm³/mol. The van der Waals surface area contributed by atoms with E-state index in [-0.39, 0.29) is 4.47 Å². The summed E-state index contributed by atoms with van der Waals surface area (Å²) in [6, 6.07) is 1.56. The van der Waals surface area contributed by atoms with E-state index in [4.69, 9.17) is 0 Å². The van der Waals surface area contributed by atoms with Crippen LogP contribution in [0.5, 0.6) is 0 Å². The third-order valence-electron chi connectivity index (χ3n) is 1.92. The minimum absolute atomic E-state index is 0.00241. The molecule has 0 aliphatic rings. The Hall–Kier alpha value is -1.64. The van der Waals surface area contributed by atoms with Crippen LogP contribution in [-0.2, 0) is 11.0 Å². The van der Waals surface area contributed by atoms with Gasteiger partial charge in [-0.25, -0.2) is 0 Å². The Balaban J connectivity index is 0.00000172. The van der Waals surface area contributed by atoms with Crippen LogP contribution in [0.3, 0.4) is 0 Å². The molecule has 1 aromatic carbocycles. The number of halogens is 4. The number of nitrogens with zero attached hydrogens (tertiary/aromatic N) is 1. The van der Waals surface area contributed by atoms with Gasteiger partial charge in [0.2, 0.25) is 5.91 Å². The first-order valence-electron chi connectivity index (χ1n) is 5.46. The van der Waals surface area contributed by atoms with Crippen LogP contribution < -0.4 is 5.32 Å². The number of carbonyl (C=O) groups is 1. The highest BCUT2D eigenvalue weighted by atomic mass is 79.9. The van der Waals surface area contributed by atoms with E-state index in [1.165, 1.54) is 0 Å². The Kier molecular flexibility index (Phi) is 6.63. The largest absolute Gasteiger partial charge is 0.423 e. The zero-order valence-corrected chi connectivity index (χ0v) is 12.4. The summed E-state index contributed by atoms with van der Waals surface area (Å²) in [5.74, 6) is -0.710. The molecule has 0 fully saturated rings. The number of hydrogen-bond donors (Lipinski definition) is 1. The third-order valence-corrected chi connectivity index (χ3v) is 2.58. The summed E-state index contributed by atoms with van der Waals surface area (Å²) >= 11 is 2.86. The number of hydrogen-bond acceptors (Lipinski definition) is 3. The van der Waals surface area contributed by atoms with Crippen LogP contribution in [0.25, 0.3) is 0 Å². The van der Waals surface area contributed by atoms with Crippen LogP contribution in [0.4, 0.5) is 24.5 Å². The SMILES string of the molecule is CC.CC(=O)Nc1c(Br)ccc(C(F)(F)F)c1[N+](=O)[O-]. The Morgan fingerprint density at radius 3 is 2.20 bits per heavy atom. The molecule has 0 aliphatic heterocycles. The monoisotopic (exact) mass is 356 g/mol. The highest BCUT2D eigenvalue weighted by molar-refractivity contribution is 9.10. The second kappa shape index (κ2) is 7.22. The molecule has 0 aliphatic carbocycles. The molecule has 1 aromatic rings. The summed E-state index contributed by atoms with van der Waals surface area (Å²) in [5, 5.41) is 12.8. The lowest BCUT2D eigenvalue weighted by Gasteiger charge is -2.12. The molecule has 1 N–H and O–H groups in total. The summed E-state index contributed by atoms with van der Waals surface area (Å²) in [4.78, 5) is 20.4. The summed E-state index contributed by atoms with van der Waals surface area (Å²) in [6.45, 7) is 5.04. The van der Waals surface area contributed by atoms with Crippen molar-refractivity contribution in [2.75, 3.05) is 5.32 Å². The molecule has 20 heavy (non-hydrogen) atoms. The van der Waals surface area contributed by atoms with E-state index in [2.05, 4.69) is 15.9 Å². The molecule has 112 valence electrons. The number of rotatable bonds is 2. The molecule has 1 rings (SSSR count). The van der Waals surface area contributed by atoms with Crippen molar-refractivity contribution < 1.29 is 22.9 Å². The highest BCUT2D eigenvalue weighted by Crippen LogP contribution is 2.43. The van der Waals surface area contributed by atoms with Crippen molar-refractivity contribution in [2.24, 2.45) is 0 Å². The normalized spacial score (nSPS) is 10.3. The van der Waals surface area contributed by atoms with Gasteiger partial charge >= 0.3 is 11.9 Å². The van der Waals surface area contributed by atoms with E-state index in [1.807, 2.05) is 19.2 Å². The molecule has 0 radical (unpaired) electrons. The molecule has 0 heterocycles. The van der Waals surface area contributed by atoms with Crippen molar-refractivity contribution in [2.45, 2.75) is 26.9 Å². The van der Waals surface area contributed by atoms with Crippen LogP contribution in [0.15, 0.2) is 16.6 Å². The number of carbonyl (C=O) groups excluding carboxylic acids is 1. The van der Waals surface area contributed by atoms with Crippen molar-refractivity contribution in [3.8, 4) is 0 Å². The second-order valence-corrected chi connectivity index (χ2v) is 4.11. The summed E-state index contributed by atoms with van der Waals surface area (Å²) in [6.07, 6.45) is -4.88. The zero-order valence-electron chi connectivity index (χ0n) is 10.8. The van der Waals surface area contributed by atoms with E-state index in [0.29, 0.717) is 6.07 Å². The first-order valence-corrected chi connectivity index (χ1v) is 6.25. The molecule has 0 unspecified atom stereocenters. The van der Waals surface area contributed by atoms with Crippen LogP contribution in [0.1, 0.15) is 26.3 Å². The van der Waals surface area contributed by atoms with Gasteiger partial charge in [0.05, 0.1) is 4.92 Å². The number of benzene rings is 1. The van der Waals surface area contributed by atoms with Gasteiger partial charge in [-0.2, -0.15) is 13.2 Å². The fourth-order valence-corrected chi connectivity index (χ4v) is 1.70. The minimum atomic E-state index is -4.88. The van der Waals surface area contributed by atoms with Gasteiger partial charge in [-0.3, -0.25) is 14.9 Å². The van der Waals surface area contributed by atoms with E-state index in [9.17, 15) is 28.1 Å². The maximum Gasteiger partial charge on any atom is 0.423 e. The average molecular weight is 357 g/mol. The Labute approximate surface area is 121 Å². The smallest absolute Gasteiger partial charge is 0.320 e. The van der Waals surface area contributed by atoms with Crippen molar-refractivity contribution >= 4 is 33.2 Å². The number of nitro groups is 1. The molecule has 0 saturated heterocycles. The van der Waals surface area contributed by atoms with Crippen LogP contribution >= 0.6 is 15.9 Å². The van der Waals surface area contributed by atoms with Crippen molar-refractivity contribution in [1.82, 2.24) is 0 Å². The maximum absolute atomic E-state index is 12.6. The quantitative estimate of drug-likeness (QED) is 0.631. The van der Waals surface area contributed by atoms with E-state index in [0.717, 1.165) is 13.0 Å². The topological polar surface area (TPSA) is 72.2 Å². The number of nitrogens with one attached hydrogen (secondary N) is 1. The number of anilines is 1. The van der Waals surface area contributed by atoms with Gasteiger partial charge in [0.25, 0.3) is 0 Å². The first kappa shape index (κ1) is 18.4. The fraction of sp³-hybridized carbons (Fsp3) is 0.364. The predicted octanol–water partition coefficient (Wildman–Crippen LogP) is 4.36. The standard InChI is InChI=1S/C9H6BrF3N2O3.C2H6/c1-4(16)14-7-6(10)3-2-5(9(11,12)13)8(7)15(17)18;1-2/h2-3H,1H3,(H,14,16);1-2H3. The third kappa shape index (κ3) is 4.48. The van der Waals surface area contributed by atoms with Gasteiger partial charge in [0.15, 0.2) is 0 Å². The van der Waals surface area contributed by atoms with E-state index < -0.39 is 33.9 Å². The Morgan fingerprint density at radius 1 is 1.35 bits per heavy atom. The molecular weight excluding hydrogens is 345 g/mol. The molecular formula is C11H12BrF3N2O3. The second-order valence-electron chi connectivity index (χ2n) is 3.25.